The Hall–Kier alpha value is -1.40. The maximum Gasteiger partial charge on any atom is 0.170 e. The highest BCUT2D eigenvalue weighted by molar-refractivity contribution is 9.10. The molecule has 2 rings (SSSR count). The molecule has 0 spiro atoms. The van der Waals surface area contributed by atoms with Gasteiger partial charge in [-0.05, 0) is 19.1 Å². The van der Waals surface area contributed by atoms with Crippen molar-refractivity contribution in [1.29, 1.82) is 0 Å². The van der Waals surface area contributed by atoms with Crippen LogP contribution in [0.3, 0.4) is 0 Å². The van der Waals surface area contributed by atoms with E-state index in [-0.39, 0.29) is 6.04 Å². The first-order chi connectivity index (χ1) is 8.58. The number of rotatable bonds is 4. The first-order valence-corrected chi connectivity index (χ1v) is 6.38. The third kappa shape index (κ3) is 2.88. The van der Waals surface area contributed by atoms with Crippen LogP contribution < -0.4 is 10.5 Å². The summed E-state index contributed by atoms with van der Waals surface area (Å²) in [6.45, 7) is 2.30. The zero-order chi connectivity index (χ0) is 13.1. The molecule has 0 aliphatic heterocycles. The normalized spacial score (nSPS) is 12.4. The van der Waals surface area contributed by atoms with E-state index in [2.05, 4.69) is 26.1 Å². The summed E-state index contributed by atoms with van der Waals surface area (Å²) in [6.07, 6.45) is 1.64. The second-order valence-corrected chi connectivity index (χ2v) is 5.03. The number of halogens is 1. The van der Waals surface area contributed by atoms with Gasteiger partial charge in [0.1, 0.15) is 18.7 Å². The third-order valence-corrected chi connectivity index (χ3v) is 3.12. The van der Waals surface area contributed by atoms with Gasteiger partial charge in [-0.15, -0.1) is 10.2 Å². The molecule has 0 saturated carbocycles. The van der Waals surface area contributed by atoms with Crippen molar-refractivity contribution < 1.29 is 4.74 Å². The second-order valence-electron chi connectivity index (χ2n) is 4.12. The average molecular weight is 311 g/mol. The van der Waals surface area contributed by atoms with Gasteiger partial charge in [-0.1, -0.05) is 22.0 Å². The minimum Gasteiger partial charge on any atom is -0.485 e. The standard InChI is InChI=1S/C12H15BrN4O/c1-8(14)10-4-3-9(13)5-11(10)18-6-12-16-15-7-17(12)2/h3-5,7-8H,6,14H2,1-2H3/t8-/m0/s1. The molecule has 0 radical (unpaired) electrons. The van der Waals surface area contributed by atoms with Gasteiger partial charge in [-0.3, -0.25) is 0 Å². The van der Waals surface area contributed by atoms with Crippen LogP contribution in [0.1, 0.15) is 24.4 Å². The Morgan fingerprint density at radius 2 is 2.28 bits per heavy atom. The molecular weight excluding hydrogens is 296 g/mol. The molecule has 0 saturated heterocycles. The van der Waals surface area contributed by atoms with E-state index in [0.717, 1.165) is 21.6 Å². The number of aromatic nitrogens is 3. The fourth-order valence-corrected chi connectivity index (χ4v) is 1.93. The second kappa shape index (κ2) is 5.49. The SMILES string of the molecule is C[C@H](N)c1ccc(Br)cc1OCc1nncn1C. The highest BCUT2D eigenvalue weighted by Crippen LogP contribution is 2.28. The summed E-state index contributed by atoms with van der Waals surface area (Å²) in [4.78, 5) is 0. The molecule has 2 aromatic rings. The first-order valence-electron chi connectivity index (χ1n) is 5.58. The van der Waals surface area contributed by atoms with Crippen LogP contribution >= 0.6 is 15.9 Å². The Morgan fingerprint density at radius 3 is 2.89 bits per heavy atom. The number of nitrogens with zero attached hydrogens (tertiary/aromatic N) is 3. The smallest absolute Gasteiger partial charge is 0.170 e. The van der Waals surface area contributed by atoms with Crippen molar-refractivity contribution >= 4 is 15.9 Å². The Morgan fingerprint density at radius 1 is 1.50 bits per heavy atom. The Labute approximate surface area is 114 Å². The van der Waals surface area contributed by atoms with Gasteiger partial charge in [0.15, 0.2) is 5.82 Å². The number of hydrogen-bond donors (Lipinski definition) is 1. The molecule has 2 N–H and O–H groups in total. The fourth-order valence-electron chi connectivity index (χ4n) is 1.59. The van der Waals surface area contributed by atoms with Crippen molar-refractivity contribution in [3.63, 3.8) is 0 Å². The summed E-state index contributed by atoms with van der Waals surface area (Å²) in [6, 6.07) is 5.75. The van der Waals surface area contributed by atoms with Crippen molar-refractivity contribution in [1.82, 2.24) is 14.8 Å². The molecule has 18 heavy (non-hydrogen) atoms. The zero-order valence-corrected chi connectivity index (χ0v) is 11.9. The van der Waals surface area contributed by atoms with Gasteiger partial charge in [0, 0.05) is 23.1 Å². The maximum absolute atomic E-state index is 5.91. The van der Waals surface area contributed by atoms with Gasteiger partial charge in [0.05, 0.1) is 0 Å². The summed E-state index contributed by atoms with van der Waals surface area (Å²) in [5.74, 6) is 1.54. The van der Waals surface area contributed by atoms with Gasteiger partial charge in [0.2, 0.25) is 0 Å². The van der Waals surface area contributed by atoms with Crippen LogP contribution in [0.5, 0.6) is 5.75 Å². The molecule has 0 aliphatic carbocycles. The molecule has 5 nitrogen and oxygen atoms in total. The van der Waals surface area contributed by atoms with E-state index >= 15 is 0 Å². The molecule has 0 aliphatic rings. The summed E-state index contributed by atoms with van der Waals surface area (Å²) in [5, 5.41) is 7.78. The third-order valence-electron chi connectivity index (χ3n) is 2.63. The van der Waals surface area contributed by atoms with Crippen LogP contribution in [0.15, 0.2) is 29.0 Å². The zero-order valence-electron chi connectivity index (χ0n) is 10.3. The number of hydrogen-bond acceptors (Lipinski definition) is 4. The van der Waals surface area contributed by atoms with Crippen molar-refractivity contribution in [3.05, 3.63) is 40.4 Å². The minimum absolute atomic E-state index is 0.0763. The quantitative estimate of drug-likeness (QED) is 0.940. The summed E-state index contributed by atoms with van der Waals surface area (Å²) < 4.78 is 8.55. The first kappa shape index (κ1) is 13.0. The average Bonchev–Trinajstić information content (AvgIpc) is 2.72. The molecule has 1 aromatic carbocycles. The van der Waals surface area contributed by atoms with Crippen LogP contribution in [0.25, 0.3) is 0 Å². The number of nitrogens with two attached hydrogens (primary N) is 1. The van der Waals surface area contributed by atoms with Crippen LogP contribution in [-0.4, -0.2) is 14.8 Å². The summed E-state index contributed by atoms with van der Waals surface area (Å²) >= 11 is 3.42. The van der Waals surface area contributed by atoms with Crippen molar-refractivity contribution in [2.45, 2.75) is 19.6 Å². The number of ether oxygens (including phenoxy) is 1. The van der Waals surface area contributed by atoms with Crippen LogP contribution in [0, 0.1) is 0 Å². The molecular formula is C12H15BrN4O. The van der Waals surface area contributed by atoms with E-state index in [1.54, 1.807) is 6.33 Å². The Bertz CT molecular complexity index is 539. The summed E-state index contributed by atoms with van der Waals surface area (Å²) in [5.41, 5.74) is 6.89. The van der Waals surface area contributed by atoms with E-state index in [1.807, 2.05) is 36.7 Å². The minimum atomic E-state index is -0.0763. The molecule has 0 fully saturated rings. The maximum atomic E-state index is 5.91. The Balaban J connectivity index is 2.18. The van der Waals surface area contributed by atoms with Crippen LogP contribution in [-0.2, 0) is 13.7 Å². The van der Waals surface area contributed by atoms with E-state index in [4.69, 9.17) is 10.5 Å². The van der Waals surface area contributed by atoms with Gasteiger partial charge in [-0.2, -0.15) is 0 Å². The van der Waals surface area contributed by atoms with E-state index < -0.39 is 0 Å². The van der Waals surface area contributed by atoms with E-state index in [1.165, 1.54) is 0 Å². The Kier molecular flexibility index (Phi) is 3.98. The lowest BCUT2D eigenvalue weighted by molar-refractivity contribution is 0.287. The lowest BCUT2D eigenvalue weighted by Crippen LogP contribution is -2.09. The fraction of sp³-hybridized carbons (Fsp3) is 0.333. The largest absolute Gasteiger partial charge is 0.485 e. The lowest BCUT2D eigenvalue weighted by Gasteiger charge is -2.14. The molecule has 1 aromatic heterocycles. The highest BCUT2D eigenvalue weighted by Gasteiger charge is 2.10. The predicted octanol–water partition coefficient (Wildman–Crippen LogP) is 2.18. The molecule has 0 amide bonds. The molecule has 1 heterocycles. The monoisotopic (exact) mass is 310 g/mol. The molecule has 1 atom stereocenters. The lowest BCUT2D eigenvalue weighted by atomic mass is 10.1. The van der Waals surface area contributed by atoms with Crippen molar-refractivity contribution in [3.8, 4) is 5.75 Å². The molecule has 6 heteroatoms. The summed E-state index contributed by atoms with van der Waals surface area (Å²) in [7, 11) is 1.88. The highest BCUT2D eigenvalue weighted by atomic mass is 79.9. The number of aryl methyl sites for hydroxylation is 1. The predicted molar refractivity (Wildman–Crippen MR) is 72.1 cm³/mol. The van der Waals surface area contributed by atoms with E-state index in [9.17, 15) is 0 Å². The molecule has 0 bridgehead atoms. The van der Waals surface area contributed by atoms with Crippen LogP contribution in [0.2, 0.25) is 0 Å². The van der Waals surface area contributed by atoms with Crippen molar-refractivity contribution in [2.24, 2.45) is 12.8 Å². The van der Waals surface area contributed by atoms with E-state index in [0.29, 0.717) is 6.61 Å². The van der Waals surface area contributed by atoms with Crippen molar-refractivity contribution in [2.75, 3.05) is 0 Å². The van der Waals surface area contributed by atoms with Crippen LogP contribution in [0.4, 0.5) is 0 Å². The topological polar surface area (TPSA) is 66.0 Å². The van der Waals surface area contributed by atoms with Gasteiger partial charge < -0.3 is 15.0 Å². The van der Waals surface area contributed by atoms with Gasteiger partial charge >= 0.3 is 0 Å². The number of benzene rings is 1. The van der Waals surface area contributed by atoms with Gasteiger partial charge in [-0.25, -0.2) is 0 Å². The molecule has 0 unspecified atom stereocenters. The molecule has 96 valence electrons. The van der Waals surface area contributed by atoms with Gasteiger partial charge in [0.25, 0.3) is 0 Å².